The van der Waals surface area contributed by atoms with Gasteiger partial charge >= 0.3 is 20.1 Å². The monoisotopic (exact) mass is 759 g/mol. The molecule has 0 unspecified atom stereocenters. The Morgan fingerprint density at radius 3 is 1.51 bits per heavy atom. The average molecular weight is 759 g/mol. The molecule has 4 aromatic carbocycles. The van der Waals surface area contributed by atoms with Crippen molar-refractivity contribution in [3.8, 4) is 44.9 Å². The van der Waals surface area contributed by atoms with E-state index in [-0.39, 0.29) is 20.1 Å². The molecule has 0 aliphatic carbocycles. The van der Waals surface area contributed by atoms with Crippen LogP contribution in [0.3, 0.4) is 0 Å². The first-order chi connectivity index (χ1) is 21.7. The summed E-state index contributed by atoms with van der Waals surface area (Å²) in [6, 6.07) is 57.6. The second-order valence-electron chi connectivity index (χ2n) is 9.96. The Morgan fingerprint density at radius 1 is 0.467 bits per heavy atom. The van der Waals surface area contributed by atoms with E-state index in [1.54, 1.807) is 12.4 Å². The van der Waals surface area contributed by atoms with E-state index in [4.69, 9.17) is 0 Å². The Morgan fingerprint density at radius 2 is 1.02 bits per heavy atom. The molecule has 0 fully saturated rings. The summed E-state index contributed by atoms with van der Waals surface area (Å²) in [7, 11) is 0. The van der Waals surface area contributed by atoms with Gasteiger partial charge in [-0.3, -0.25) is 0 Å². The van der Waals surface area contributed by atoms with Gasteiger partial charge in [0.05, 0.1) is 0 Å². The molecule has 3 aromatic heterocycles. The van der Waals surface area contributed by atoms with Crippen molar-refractivity contribution in [2.45, 2.75) is 13.8 Å². The van der Waals surface area contributed by atoms with Crippen molar-refractivity contribution in [2.75, 3.05) is 0 Å². The minimum Gasteiger partial charge on any atom is -0.305 e. The molecule has 4 heteroatoms. The van der Waals surface area contributed by atoms with Crippen molar-refractivity contribution >= 4 is 0 Å². The number of benzene rings is 4. The van der Waals surface area contributed by atoms with Crippen LogP contribution in [0, 0.1) is 32.0 Å². The topological polar surface area (TPSA) is 38.7 Å². The summed E-state index contributed by atoms with van der Waals surface area (Å²) in [5.74, 6) is 0. The summed E-state index contributed by atoms with van der Waals surface area (Å²) in [5, 5.41) is 0. The molecule has 0 saturated carbocycles. The fourth-order valence-corrected chi connectivity index (χ4v) is 4.45. The largest absolute Gasteiger partial charge is 3.00 e. The summed E-state index contributed by atoms with van der Waals surface area (Å²) >= 11 is 0. The zero-order chi connectivity index (χ0) is 30.4. The second kappa shape index (κ2) is 17.3. The molecule has 0 amide bonds. The fourth-order valence-electron chi connectivity index (χ4n) is 4.45. The molecule has 0 aliphatic heterocycles. The summed E-state index contributed by atoms with van der Waals surface area (Å²) < 4.78 is 0. The number of rotatable bonds is 4. The third-order valence-electron chi connectivity index (χ3n) is 6.71. The third kappa shape index (κ3) is 9.74. The van der Waals surface area contributed by atoms with Crippen molar-refractivity contribution in [1.82, 2.24) is 15.0 Å². The number of aryl methyl sites for hydroxylation is 2. The van der Waals surface area contributed by atoms with E-state index < -0.39 is 0 Å². The van der Waals surface area contributed by atoms with Crippen molar-refractivity contribution in [1.29, 1.82) is 0 Å². The van der Waals surface area contributed by atoms with Crippen LogP contribution in [-0.2, 0) is 20.1 Å². The van der Waals surface area contributed by atoms with Gasteiger partial charge in [0, 0.05) is 23.7 Å². The van der Waals surface area contributed by atoms with Gasteiger partial charge in [0.2, 0.25) is 0 Å². The molecule has 3 heterocycles. The zero-order valence-electron chi connectivity index (χ0n) is 25.2. The van der Waals surface area contributed by atoms with Crippen LogP contribution in [-0.4, -0.2) is 15.0 Å². The molecular formula is C41H32IrN3. The second-order valence-corrected chi connectivity index (χ2v) is 9.96. The van der Waals surface area contributed by atoms with Crippen molar-refractivity contribution < 1.29 is 20.1 Å². The number of hydrogen-bond acceptors (Lipinski definition) is 3. The molecule has 0 saturated heterocycles. The van der Waals surface area contributed by atoms with Crippen molar-refractivity contribution in [3.63, 3.8) is 0 Å². The van der Waals surface area contributed by atoms with Crippen LogP contribution >= 0.6 is 0 Å². The van der Waals surface area contributed by atoms with Gasteiger partial charge in [-0.1, -0.05) is 73.7 Å². The number of aromatic nitrogens is 3. The van der Waals surface area contributed by atoms with Crippen LogP contribution in [0.25, 0.3) is 44.9 Å². The van der Waals surface area contributed by atoms with E-state index in [1.165, 1.54) is 16.7 Å². The van der Waals surface area contributed by atoms with Gasteiger partial charge in [0.15, 0.2) is 0 Å². The number of nitrogens with zero attached hydrogens (tertiary/aromatic N) is 3. The Bertz CT molecular complexity index is 1790. The van der Waals surface area contributed by atoms with E-state index in [0.29, 0.717) is 0 Å². The maximum atomic E-state index is 4.69. The SMILES string of the molecule is Cc1c[c-]c(-c2ccccn2)cc1.Cc1nc(-c2[c-]cccc2)ccc1-c1ccccc1.[Ir+3].[c-]1ccccc1-c1ccccn1. The molecule has 3 nitrogen and oxygen atoms in total. The van der Waals surface area contributed by atoms with Gasteiger partial charge in [-0.15, -0.1) is 107 Å². The van der Waals surface area contributed by atoms with E-state index in [0.717, 1.165) is 39.5 Å². The predicted molar refractivity (Wildman–Crippen MR) is 180 cm³/mol. The summed E-state index contributed by atoms with van der Waals surface area (Å²) in [6.45, 7) is 4.10. The fraction of sp³-hybridized carbons (Fsp3) is 0.0488. The predicted octanol–water partition coefficient (Wildman–Crippen LogP) is 9.93. The molecular weight excluding hydrogens is 727 g/mol. The molecule has 0 atom stereocenters. The first kappa shape index (κ1) is 32.9. The molecule has 45 heavy (non-hydrogen) atoms. The number of pyridine rings is 3. The van der Waals surface area contributed by atoms with Gasteiger partial charge in [0.25, 0.3) is 0 Å². The van der Waals surface area contributed by atoms with E-state index in [1.807, 2.05) is 115 Å². The van der Waals surface area contributed by atoms with Gasteiger partial charge in [-0.2, -0.15) is 0 Å². The van der Waals surface area contributed by atoms with Crippen LogP contribution in [0.1, 0.15) is 11.3 Å². The average Bonchev–Trinajstić information content (AvgIpc) is 3.11. The molecule has 220 valence electrons. The van der Waals surface area contributed by atoms with Crippen LogP contribution in [0.4, 0.5) is 0 Å². The normalized spacial score (nSPS) is 9.82. The summed E-state index contributed by atoms with van der Waals surface area (Å²) in [6.07, 6.45) is 3.58. The van der Waals surface area contributed by atoms with Crippen molar-refractivity contribution in [3.05, 3.63) is 187 Å². The summed E-state index contributed by atoms with van der Waals surface area (Å²) in [5.41, 5.74) is 10.7. The molecule has 0 spiro atoms. The Labute approximate surface area is 280 Å². The quantitative estimate of drug-likeness (QED) is 0.168. The van der Waals surface area contributed by atoms with Crippen LogP contribution in [0.15, 0.2) is 158 Å². The van der Waals surface area contributed by atoms with Gasteiger partial charge < -0.3 is 15.0 Å². The van der Waals surface area contributed by atoms with Gasteiger partial charge in [0.1, 0.15) is 0 Å². The zero-order valence-corrected chi connectivity index (χ0v) is 27.6. The van der Waals surface area contributed by atoms with E-state index in [9.17, 15) is 0 Å². The van der Waals surface area contributed by atoms with Crippen LogP contribution in [0.5, 0.6) is 0 Å². The van der Waals surface area contributed by atoms with Gasteiger partial charge in [-0.25, -0.2) is 0 Å². The maximum Gasteiger partial charge on any atom is 3.00 e. The third-order valence-corrected chi connectivity index (χ3v) is 6.71. The minimum atomic E-state index is 0. The van der Waals surface area contributed by atoms with E-state index >= 15 is 0 Å². The maximum absolute atomic E-state index is 4.69. The smallest absolute Gasteiger partial charge is 0.305 e. The Balaban J connectivity index is 0.000000157. The molecule has 7 aromatic rings. The van der Waals surface area contributed by atoms with Crippen LogP contribution < -0.4 is 0 Å². The van der Waals surface area contributed by atoms with Gasteiger partial charge in [-0.05, 0) is 41.7 Å². The Hall–Kier alpha value is -5.02. The first-order valence-corrected chi connectivity index (χ1v) is 14.5. The van der Waals surface area contributed by atoms with E-state index in [2.05, 4.69) is 77.3 Å². The standard InChI is InChI=1S/C18H14N.C12H10N.C11H8N.Ir/c1-14-17(15-8-4-2-5-9-15)12-13-18(19-14)16-10-6-3-7-11-16;1-10-5-7-11(8-6-10)12-4-2-3-9-13-12;1-2-6-10(7-3-1)11-8-4-5-9-12-11;/h2-10,12-13H,1H3;2-7,9H,1H3;1-6,8-9H;/q3*-1;+3. The first-order valence-electron chi connectivity index (χ1n) is 14.5. The molecule has 0 bridgehead atoms. The van der Waals surface area contributed by atoms with Crippen LogP contribution in [0.2, 0.25) is 0 Å². The molecule has 7 rings (SSSR count). The summed E-state index contributed by atoms with van der Waals surface area (Å²) in [4.78, 5) is 13.2. The number of hydrogen-bond donors (Lipinski definition) is 0. The van der Waals surface area contributed by atoms with Crippen molar-refractivity contribution in [2.24, 2.45) is 0 Å². The molecule has 0 aliphatic rings. The Kier molecular flexibility index (Phi) is 12.7. The molecule has 0 radical (unpaired) electrons. The minimum absolute atomic E-state index is 0. The molecule has 0 N–H and O–H groups in total.